The highest BCUT2D eigenvalue weighted by Crippen LogP contribution is 2.36. The second kappa shape index (κ2) is 6.85. The summed E-state index contributed by atoms with van der Waals surface area (Å²) in [7, 11) is 0. The van der Waals surface area contributed by atoms with Gasteiger partial charge >= 0.3 is 0 Å². The van der Waals surface area contributed by atoms with E-state index in [4.69, 9.17) is 5.11 Å². The lowest BCUT2D eigenvalue weighted by Crippen LogP contribution is -2.28. The van der Waals surface area contributed by atoms with Crippen LogP contribution in [0.25, 0.3) is 0 Å². The summed E-state index contributed by atoms with van der Waals surface area (Å²) in [4.78, 5) is 16.4. The summed E-state index contributed by atoms with van der Waals surface area (Å²) in [6.45, 7) is 6.61. The molecule has 0 bridgehead atoms. The number of rotatable bonds is 6. The van der Waals surface area contributed by atoms with E-state index in [0.717, 1.165) is 19.3 Å². The van der Waals surface area contributed by atoms with Crippen LogP contribution in [0.1, 0.15) is 52.9 Å². The molecule has 0 fully saturated rings. The molecule has 4 heteroatoms. The van der Waals surface area contributed by atoms with Crippen LogP contribution in [0.2, 0.25) is 0 Å². The van der Waals surface area contributed by atoms with E-state index in [-0.39, 0.29) is 23.6 Å². The van der Waals surface area contributed by atoms with E-state index in [9.17, 15) is 9.90 Å². The zero-order valence-corrected chi connectivity index (χ0v) is 12.2. The number of aliphatic hydroxyl groups is 2. The molecule has 0 aromatic carbocycles. The molecular weight excluding hydrogens is 242 g/mol. The fourth-order valence-electron chi connectivity index (χ4n) is 2.42. The van der Waals surface area contributed by atoms with Gasteiger partial charge in [-0.25, -0.2) is 0 Å². The van der Waals surface area contributed by atoms with Crippen molar-refractivity contribution in [3.8, 4) is 0 Å². The largest absolute Gasteiger partial charge is 0.511 e. The summed E-state index contributed by atoms with van der Waals surface area (Å²) in [6.07, 6.45) is 3.61. The maximum Gasteiger partial charge on any atom is 0.168 e. The molecule has 4 nitrogen and oxygen atoms in total. The monoisotopic (exact) mass is 267 g/mol. The van der Waals surface area contributed by atoms with Gasteiger partial charge in [0.25, 0.3) is 0 Å². The van der Waals surface area contributed by atoms with Crippen molar-refractivity contribution in [2.75, 3.05) is 13.2 Å². The number of carbonyl (C=O) groups is 1. The second-order valence-electron chi connectivity index (χ2n) is 6.01. The topological polar surface area (TPSA) is 69.9 Å². The maximum absolute atomic E-state index is 12.1. The standard InChI is InChI=1S/C15H25NO3/c1-11(16-7-5-4-6-8-17)14-12(18)9-15(2,3)10-13(14)19/h17-18H,4-10H2,1-3H3. The molecule has 0 aromatic rings. The van der Waals surface area contributed by atoms with Gasteiger partial charge in [0, 0.05) is 31.7 Å². The first kappa shape index (κ1) is 15.9. The van der Waals surface area contributed by atoms with Gasteiger partial charge in [-0.2, -0.15) is 0 Å². The quantitative estimate of drug-likeness (QED) is 0.574. The van der Waals surface area contributed by atoms with Crippen molar-refractivity contribution in [3.05, 3.63) is 11.3 Å². The lowest BCUT2D eigenvalue weighted by molar-refractivity contribution is -0.117. The Balaban J connectivity index is 2.67. The highest BCUT2D eigenvalue weighted by Gasteiger charge is 2.33. The number of unbranched alkanes of at least 4 members (excludes halogenated alkanes) is 2. The van der Waals surface area contributed by atoms with Crippen LogP contribution in [0.4, 0.5) is 0 Å². The van der Waals surface area contributed by atoms with E-state index in [2.05, 4.69) is 4.99 Å². The number of allylic oxidation sites excluding steroid dienone is 2. The molecule has 1 aliphatic carbocycles. The highest BCUT2D eigenvalue weighted by atomic mass is 16.3. The highest BCUT2D eigenvalue weighted by molar-refractivity contribution is 6.22. The van der Waals surface area contributed by atoms with E-state index >= 15 is 0 Å². The van der Waals surface area contributed by atoms with Crippen molar-refractivity contribution in [1.29, 1.82) is 0 Å². The van der Waals surface area contributed by atoms with Gasteiger partial charge in [0.15, 0.2) is 5.78 Å². The van der Waals surface area contributed by atoms with Crippen molar-refractivity contribution >= 4 is 11.5 Å². The third kappa shape index (κ3) is 4.78. The first-order chi connectivity index (χ1) is 8.87. The van der Waals surface area contributed by atoms with E-state index < -0.39 is 0 Å². The number of Topliss-reactive ketones (excluding diaryl/α,β-unsaturated/α-hetero) is 1. The molecule has 0 atom stereocenters. The fourth-order valence-corrected chi connectivity index (χ4v) is 2.42. The molecule has 0 heterocycles. The second-order valence-corrected chi connectivity index (χ2v) is 6.01. The van der Waals surface area contributed by atoms with E-state index in [1.807, 2.05) is 13.8 Å². The number of aliphatic hydroxyl groups excluding tert-OH is 2. The molecule has 108 valence electrons. The Bertz CT molecular complexity index is 394. The Morgan fingerprint density at radius 3 is 2.53 bits per heavy atom. The summed E-state index contributed by atoms with van der Waals surface area (Å²) < 4.78 is 0. The molecule has 1 rings (SSSR count). The van der Waals surface area contributed by atoms with Gasteiger partial charge in [-0.05, 0) is 31.6 Å². The van der Waals surface area contributed by atoms with Crippen LogP contribution < -0.4 is 0 Å². The molecule has 0 amide bonds. The van der Waals surface area contributed by atoms with Crippen LogP contribution in [0.3, 0.4) is 0 Å². The smallest absolute Gasteiger partial charge is 0.168 e. The summed E-state index contributed by atoms with van der Waals surface area (Å²) in [5, 5.41) is 18.7. The lowest BCUT2D eigenvalue weighted by Gasteiger charge is -2.29. The van der Waals surface area contributed by atoms with Crippen molar-refractivity contribution in [2.24, 2.45) is 10.4 Å². The van der Waals surface area contributed by atoms with Gasteiger partial charge in [0.1, 0.15) is 5.76 Å². The summed E-state index contributed by atoms with van der Waals surface area (Å²) in [5.41, 5.74) is 0.898. The Kier molecular flexibility index (Phi) is 5.73. The minimum absolute atomic E-state index is 0.00893. The molecule has 0 spiro atoms. The molecule has 0 aliphatic heterocycles. The average Bonchev–Trinajstić information content (AvgIpc) is 2.25. The molecule has 0 unspecified atom stereocenters. The first-order valence-corrected chi connectivity index (χ1v) is 6.95. The number of aliphatic imine (C=N–C) groups is 1. The van der Waals surface area contributed by atoms with Gasteiger partial charge < -0.3 is 10.2 Å². The van der Waals surface area contributed by atoms with Crippen LogP contribution >= 0.6 is 0 Å². The molecule has 1 aliphatic rings. The van der Waals surface area contributed by atoms with Crippen LogP contribution in [-0.4, -0.2) is 34.9 Å². The summed E-state index contributed by atoms with van der Waals surface area (Å²) in [5.74, 6) is 0.170. The number of ketones is 1. The van der Waals surface area contributed by atoms with Gasteiger partial charge in [-0.3, -0.25) is 9.79 Å². The summed E-state index contributed by atoms with van der Waals surface area (Å²) in [6, 6.07) is 0. The fraction of sp³-hybridized carbons (Fsp3) is 0.733. The molecule has 0 saturated heterocycles. The van der Waals surface area contributed by atoms with E-state index in [1.54, 1.807) is 6.92 Å². The molecule has 0 radical (unpaired) electrons. The lowest BCUT2D eigenvalue weighted by atomic mass is 9.76. The van der Waals surface area contributed by atoms with Gasteiger partial charge in [-0.1, -0.05) is 13.8 Å². The Hall–Kier alpha value is -1.16. The van der Waals surface area contributed by atoms with E-state index in [1.165, 1.54) is 0 Å². The van der Waals surface area contributed by atoms with Crippen molar-refractivity contribution in [2.45, 2.75) is 52.9 Å². The molecule has 0 aromatic heterocycles. The SMILES string of the molecule is CC(=NCCCCCO)C1=C(O)CC(C)(C)CC1=O. The van der Waals surface area contributed by atoms with Crippen molar-refractivity contribution in [1.82, 2.24) is 0 Å². The summed E-state index contributed by atoms with van der Waals surface area (Å²) >= 11 is 0. The van der Waals surface area contributed by atoms with Gasteiger partial charge in [0.05, 0.1) is 5.57 Å². The van der Waals surface area contributed by atoms with Gasteiger partial charge in [0.2, 0.25) is 0 Å². The molecule has 19 heavy (non-hydrogen) atoms. The zero-order chi connectivity index (χ0) is 14.5. The number of carbonyl (C=O) groups excluding carboxylic acids is 1. The van der Waals surface area contributed by atoms with Crippen molar-refractivity contribution < 1.29 is 15.0 Å². The zero-order valence-electron chi connectivity index (χ0n) is 12.2. The van der Waals surface area contributed by atoms with Crippen LogP contribution in [0.5, 0.6) is 0 Å². The first-order valence-electron chi connectivity index (χ1n) is 6.95. The Morgan fingerprint density at radius 1 is 1.26 bits per heavy atom. The average molecular weight is 267 g/mol. The Morgan fingerprint density at radius 2 is 1.95 bits per heavy atom. The van der Waals surface area contributed by atoms with Crippen LogP contribution in [-0.2, 0) is 4.79 Å². The normalized spacial score (nSPS) is 20.0. The van der Waals surface area contributed by atoms with E-state index in [0.29, 0.717) is 30.7 Å². The van der Waals surface area contributed by atoms with Crippen molar-refractivity contribution in [3.63, 3.8) is 0 Å². The molecule has 0 saturated carbocycles. The van der Waals surface area contributed by atoms with Crippen LogP contribution in [0.15, 0.2) is 16.3 Å². The molecular formula is C15H25NO3. The minimum atomic E-state index is -0.161. The third-order valence-electron chi connectivity index (χ3n) is 3.38. The predicted octanol–water partition coefficient (Wildman–Crippen LogP) is 2.81. The third-order valence-corrected chi connectivity index (χ3v) is 3.38. The Labute approximate surface area is 115 Å². The maximum atomic E-state index is 12.1. The van der Waals surface area contributed by atoms with Crippen LogP contribution in [0, 0.1) is 5.41 Å². The minimum Gasteiger partial charge on any atom is -0.511 e. The number of hydrogen-bond donors (Lipinski definition) is 2. The predicted molar refractivity (Wildman–Crippen MR) is 76.6 cm³/mol. The number of nitrogens with zero attached hydrogens (tertiary/aromatic N) is 1. The number of hydrogen-bond acceptors (Lipinski definition) is 4. The molecule has 2 N–H and O–H groups in total. The van der Waals surface area contributed by atoms with Gasteiger partial charge in [-0.15, -0.1) is 0 Å².